The van der Waals surface area contributed by atoms with Crippen molar-refractivity contribution in [3.63, 3.8) is 0 Å². The van der Waals surface area contributed by atoms with E-state index in [0.717, 1.165) is 17.5 Å². The Balaban J connectivity index is 2.34. The number of hydrogen-bond acceptors (Lipinski definition) is 5. The maximum absolute atomic E-state index is 5.92. The lowest BCUT2D eigenvalue weighted by atomic mass is 9.99. The Morgan fingerprint density at radius 2 is 2.22 bits per heavy atom. The Kier molecular flexibility index (Phi) is 3.72. The first-order valence-corrected chi connectivity index (χ1v) is 6.13. The molecule has 0 bridgehead atoms. The molecule has 0 amide bonds. The lowest BCUT2D eigenvalue weighted by Gasteiger charge is -2.13. The van der Waals surface area contributed by atoms with Crippen molar-refractivity contribution in [1.29, 1.82) is 0 Å². The van der Waals surface area contributed by atoms with Crippen molar-refractivity contribution < 1.29 is 4.52 Å². The summed E-state index contributed by atoms with van der Waals surface area (Å²) >= 11 is 0. The van der Waals surface area contributed by atoms with Crippen LogP contribution in [0.2, 0.25) is 0 Å². The Bertz CT molecular complexity index is 521. The maximum atomic E-state index is 5.92. The normalized spacial score (nSPS) is 14.4. The summed E-state index contributed by atoms with van der Waals surface area (Å²) in [7, 11) is 0. The Hall–Kier alpha value is -1.75. The number of hydrogen-bond donors (Lipinski definition) is 1. The molecule has 0 fully saturated rings. The predicted octanol–water partition coefficient (Wildman–Crippen LogP) is 2.28. The summed E-state index contributed by atoms with van der Waals surface area (Å²) in [5.74, 6) is 1.32. The van der Waals surface area contributed by atoms with Gasteiger partial charge < -0.3 is 10.3 Å². The molecule has 2 aromatic rings. The molecule has 5 heteroatoms. The summed E-state index contributed by atoms with van der Waals surface area (Å²) in [5.41, 5.74) is 7.89. The number of aryl methyl sites for hydroxylation is 1. The second kappa shape index (κ2) is 5.27. The van der Waals surface area contributed by atoms with Crippen LogP contribution in [0.25, 0.3) is 11.4 Å². The fourth-order valence-electron chi connectivity index (χ4n) is 1.99. The quantitative estimate of drug-likeness (QED) is 0.895. The van der Waals surface area contributed by atoms with Gasteiger partial charge >= 0.3 is 0 Å². The fraction of sp³-hybridized carbons (Fsp3) is 0.462. The van der Waals surface area contributed by atoms with Crippen LogP contribution < -0.4 is 5.73 Å². The average molecular weight is 246 g/mol. The van der Waals surface area contributed by atoms with Gasteiger partial charge in [-0.05, 0) is 31.9 Å². The van der Waals surface area contributed by atoms with Crippen LogP contribution >= 0.6 is 0 Å². The van der Waals surface area contributed by atoms with Crippen LogP contribution in [0.4, 0.5) is 0 Å². The van der Waals surface area contributed by atoms with Crippen molar-refractivity contribution in [2.45, 2.75) is 39.2 Å². The third-order valence-corrected chi connectivity index (χ3v) is 3.09. The minimum atomic E-state index is 0.00170. The molecule has 2 unspecified atom stereocenters. The molecule has 0 saturated heterocycles. The smallest absolute Gasteiger partial charge is 0.231 e. The van der Waals surface area contributed by atoms with Gasteiger partial charge in [-0.15, -0.1) is 0 Å². The molecule has 0 aliphatic rings. The number of nitrogens with two attached hydrogens (primary N) is 1. The molecule has 5 nitrogen and oxygen atoms in total. The van der Waals surface area contributed by atoms with Crippen LogP contribution in [0.15, 0.2) is 23.0 Å². The molecule has 96 valence electrons. The molecule has 0 saturated carbocycles. The number of aromatic nitrogens is 3. The molecule has 2 aromatic heterocycles. The molecule has 0 aromatic carbocycles. The first-order valence-electron chi connectivity index (χ1n) is 6.13. The van der Waals surface area contributed by atoms with Crippen molar-refractivity contribution in [2.75, 3.05) is 0 Å². The number of pyridine rings is 1. The number of rotatable bonds is 4. The van der Waals surface area contributed by atoms with Gasteiger partial charge in [0.1, 0.15) is 0 Å². The van der Waals surface area contributed by atoms with Crippen molar-refractivity contribution in [1.82, 2.24) is 15.1 Å². The molecular weight excluding hydrogens is 228 g/mol. The molecule has 0 aliphatic carbocycles. The van der Waals surface area contributed by atoms with Crippen LogP contribution in [0, 0.1) is 6.92 Å². The lowest BCUT2D eigenvalue weighted by Crippen LogP contribution is -2.24. The van der Waals surface area contributed by atoms with Gasteiger partial charge in [0.2, 0.25) is 11.7 Å². The predicted molar refractivity (Wildman–Crippen MR) is 68.9 cm³/mol. The summed E-state index contributed by atoms with van der Waals surface area (Å²) in [5, 5.41) is 4.03. The van der Waals surface area contributed by atoms with E-state index in [2.05, 4.69) is 22.0 Å². The highest BCUT2D eigenvalue weighted by Gasteiger charge is 2.21. The first-order chi connectivity index (χ1) is 8.63. The molecule has 2 rings (SSSR count). The SMILES string of the molecule is CCC(c1nc(-c2ccncc2C)no1)C(C)N. The molecular formula is C13H18N4O. The van der Waals surface area contributed by atoms with Crippen LogP contribution in [0.1, 0.15) is 37.6 Å². The van der Waals surface area contributed by atoms with Gasteiger partial charge in [0.05, 0.1) is 5.92 Å². The average Bonchev–Trinajstić information content (AvgIpc) is 2.79. The fourth-order valence-corrected chi connectivity index (χ4v) is 1.99. The van der Waals surface area contributed by atoms with E-state index in [9.17, 15) is 0 Å². The molecule has 0 aliphatic heterocycles. The summed E-state index contributed by atoms with van der Waals surface area (Å²) < 4.78 is 5.33. The molecule has 2 N–H and O–H groups in total. The van der Waals surface area contributed by atoms with Gasteiger partial charge in [-0.3, -0.25) is 4.98 Å². The Morgan fingerprint density at radius 1 is 1.44 bits per heavy atom. The second-order valence-electron chi connectivity index (χ2n) is 4.52. The van der Waals surface area contributed by atoms with Crippen molar-refractivity contribution >= 4 is 0 Å². The third-order valence-electron chi connectivity index (χ3n) is 3.09. The van der Waals surface area contributed by atoms with Gasteiger partial charge in [0.25, 0.3) is 0 Å². The van der Waals surface area contributed by atoms with Gasteiger partial charge in [-0.1, -0.05) is 12.1 Å². The topological polar surface area (TPSA) is 77.8 Å². The molecule has 0 spiro atoms. The minimum Gasteiger partial charge on any atom is -0.339 e. The first kappa shape index (κ1) is 12.7. The van der Waals surface area contributed by atoms with Crippen molar-refractivity contribution in [3.8, 4) is 11.4 Å². The van der Waals surface area contributed by atoms with Gasteiger partial charge in [-0.25, -0.2) is 0 Å². The molecule has 0 radical (unpaired) electrons. The zero-order chi connectivity index (χ0) is 13.1. The van der Waals surface area contributed by atoms with Gasteiger partial charge in [0.15, 0.2) is 0 Å². The highest BCUT2D eigenvalue weighted by Crippen LogP contribution is 2.25. The summed E-state index contributed by atoms with van der Waals surface area (Å²) in [6, 6.07) is 1.89. The van der Waals surface area contributed by atoms with Crippen LogP contribution in [0.5, 0.6) is 0 Å². The highest BCUT2D eigenvalue weighted by atomic mass is 16.5. The van der Waals surface area contributed by atoms with E-state index in [0.29, 0.717) is 11.7 Å². The van der Waals surface area contributed by atoms with Gasteiger partial charge in [-0.2, -0.15) is 4.98 Å². The van der Waals surface area contributed by atoms with E-state index >= 15 is 0 Å². The van der Waals surface area contributed by atoms with Crippen molar-refractivity contribution in [3.05, 3.63) is 29.9 Å². The standard InChI is InChI=1S/C13H18N4O/c1-4-10(9(3)14)13-16-12(17-18-13)11-5-6-15-7-8(11)2/h5-7,9-10H,4,14H2,1-3H3. The molecule has 2 atom stereocenters. The van der Waals surface area contributed by atoms with E-state index < -0.39 is 0 Å². The van der Waals surface area contributed by atoms with E-state index in [1.807, 2.05) is 19.9 Å². The second-order valence-corrected chi connectivity index (χ2v) is 4.52. The lowest BCUT2D eigenvalue weighted by molar-refractivity contribution is 0.334. The van der Waals surface area contributed by atoms with E-state index in [4.69, 9.17) is 10.3 Å². The monoisotopic (exact) mass is 246 g/mol. The minimum absolute atomic E-state index is 0.00170. The van der Waals surface area contributed by atoms with Crippen LogP contribution in [-0.4, -0.2) is 21.2 Å². The van der Waals surface area contributed by atoms with Crippen LogP contribution in [-0.2, 0) is 0 Å². The van der Waals surface area contributed by atoms with E-state index in [-0.39, 0.29) is 12.0 Å². The maximum Gasteiger partial charge on any atom is 0.231 e. The molecule has 2 heterocycles. The molecule has 18 heavy (non-hydrogen) atoms. The van der Waals surface area contributed by atoms with Gasteiger partial charge in [0, 0.05) is 24.0 Å². The Labute approximate surface area is 106 Å². The van der Waals surface area contributed by atoms with E-state index in [1.54, 1.807) is 12.4 Å². The third kappa shape index (κ3) is 2.41. The summed E-state index contributed by atoms with van der Waals surface area (Å²) in [6.07, 6.45) is 4.39. The largest absolute Gasteiger partial charge is 0.339 e. The highest BCUT2D eigenvalue weighted by molar-refractivity contribution is 5.57. The van der Waals surface area contributed by atoms with E-state index in [1.165, 1.54) is 0 Å². The zero-order valence-corrected chi connectivity index (χ0v) is 10.9. The zero-order valence-electron chi connectivity index (χ0n) is 10.9. The van der Waals surface area contributed by atoms with Crippen molar-refractivity contribution in [2.24, 2.45) is 5.73 Å². The summed E-state index contributed by atoms with van der Waals surface area (Å²) in [6.45, 7) is 5.99. The Morgan fingerprint density at radius 3 is 2.83 bits per heavy atom. The summed E-state index contributed by atoms with van der Waals surface area (Å²) in [4.78, 5) is 8.50. The van der Waals surface area contributed by atoms with Crippen LogP contribution in [0.3, 0.4) is 0 Å². The number of nitrogens with zero attached hydrogens (tertiary/aromatic N) is 3.